The van der Waals surface area contributed by atoms with Gasteiger partial charge in [-0.05, 0) is 59.2 Å². The maximum Gasteiger partial charge on any atom is 0.339 e. The number of rotatable bonds is 8. The van der Waals surface area contributed by atoms with E-state index >= 15 is 0 Å². The maximum atomic E-state index is 12.6. The highest BCUT2D eigenvalue weighted by Crippen LogP contribution is 2.17. The van der Waals surface area contributed by atoms with Gasteiger partial charge in [0.2, 0.25) is 6.10 Å². The molecule has 0 spiro atoms. The molecule has 2 aliphatic rings. The molecule has 0 radical (unpaired) electrons. The Balaban J connectivity index is 1.66. The van der Waals surface area contributed by atoms with E-state index in [9.17, 15) is 24.0 Å². The van der Waals surface area contributed by atoms with Crippen LogP contribution in [0.15, 0.2) is 24.3 Å². The Kier molecular flexibility index (Phi) is 11.4. The second-order valence-electron chi connectivity index (χ2n) is 12.9. The van der Waals surface area contributed by atoms with Gasteiger partial charge in [0, 0.05) is 58.7 Å². The molecule has 0 N–H and O–H groups in total. The summed E-state index contributed by atoms with van der Waals surface area (Å²) in [7, 11) is 0. The van der Waals surface area contributed by atoms with E-state index in [0.29, 0.717) is 45.8 Å². The van der Waals surface area contributed by atoms with Gasteiger partial charge in [-0.15, -0.1) is 0 Å². The van der Waals surface area contributed by atoms with Crippen molar-refractivity contribution in [1.29, 1.82) is 0 Å². The molecule has 1 saturated heterocycles. The van der Waals surface area contributed by atoms with E-state index in [1.807, 2.05) is 63.5 Å². The first kappa shape index (κ1) is 33.4. The summed E-state index contributed by atoms with van der Waals surface area (Å²) in [5.74, 6) is -2.02. The smallest absolute Gasteiger partial charge is 0.339 e. The van der Waals surface area contributed by atoms with Gasteiger partial charge in [-0.3, -0.25) is 33.9 Å². The zero-order chi connectivity index (χ0) is 31.1. The first-order chi connectivity index (χ1) is 19.6. The number of ether oxygens (including phenoxy) is 3. The van der Waals surface area contributed by atoms with Crippen LogP contribution in [0, 0.1) is 0 Å². The molecule has 11 heteroatoms. The summed E-state index contributed by atoms with van der Waals surface area (Å²) >= 11 is 0. The van der Waals surface area contributed by atoms with Gasteiger partial charge in [0.1, 0.15) is 11.2 Å². The third-order valence-electron chi connectivity index (χ3n) is 6.77. The van der Waals surface area contributed by atoms with Crippen molar-refractivity contribution in [3.05, 3.63) is 35.4 Å². The summed E-state index contributed by atoms with van der Waals surface area (Å²) in [6.07, 6.45) is -1.08. The monoisotopic (exact) mass is 587 g/mol. The van der Waals surface area contributed by atoms with Crippen LogP contribution in [0.1, 0.15) is 70.3 Å². The highest BCUT2D eigenvalue weighted by Gasteiger charge is 2.36. The van der Waals surface area contributed by atoms with E-state index < -0.39 is 23.3 Å². The predicted molar refractivity (Wildman–Crippen MR) is 155 cm³/mol. The van der Waals surface area contributed by atoms with Crippen LogP contribution in [-0.2, 0) is 39.9 Å². The highest BCUT2D eigenvalue weighted by molar-refractivity contribution is 6.13. The van der Waals surface area contributed by atoms with Gasteiger partial charge in [0.25, 0.3) is 0 Å². The second kappa shape index (κ2) is 14.3. The molecular formula is C31H45N3O8. The lowest BCUT2D eigenvalue weighted by atomic mass is 10.1. The molecule has 1 saturated carbocycles. The standard InChI is InChI=1S/C31H45N3O8/c1-30(2,3)41-26(37)20-33-15-13-32(14-16-34(18-17-33)21-27(38)42-31(4,5)6)19-22-7-9-23(10-8-22)29(39)40-28-24(35)11-12-25(28)36/h7-10,28H,11-21H2,1-6H3. The molecule has 2 fully saturated rings. The molecule has 0 amide bonds. The summed E-state index contributed by atoms with van der Waals surface area (Å²) in [5, 5.41) is 0. The molecule has 0 aromatic heterocycles. The minimum atomic E-state index is -1.30. The van der Waals surface area contributed by atoms with Gasteiger partial charge in [-0.2, -0.15) is 0 Å². The first-order valence-electron chi connectivity index (χ1n) is 14.5. The van der Waals surface area contributed by atoms with E-state index in [-0.39, 0.29) is 55.0 Å². The fraction of sp³-hybridized carbons (Fsp3) is 0.645. The molecule has 1 aliphatic heterocycles. The van der Waals surface area contributed by atoms with Crippen LogP contribution in [0.25, 0.3) is 0 Å². The Morgan fingerprint density at radius 3 is 1.50 bits per heavy atom. The fourth-order valence-electron chi connectivity index (χ4n) is 4.77. The number of carbonyl (C=O) groups excluding carboxylic acids is 5. The van der Waals surface area contributed by atoms with Crippen molar-refractivity contribution in [3.63, 3.8) is 0 Å². The summed E-state index contributed by atoms with van der Waals surface area (Å²) in [5.41, 5.74) is 0.0670. The van der Waals surface area contributed by atoms with Crippen molar-refractivity contribution in [2.24, 2.45) is 0 Å². The molecule has 232 valence electrons. The Morgan fingerprint density at radius 1 is 0.690 bits per heavy atom. The van der Waals surface area contributed by atoms with Gasteiger partial charge >= 0.3 is 17.9 Å². The van der Waals surface area contributed by atoms with Crippen molar-refractivity contribution in [1.82, 2.24) is 14.7 Å². The summed E-state index contributed by atoms with van der Waals surface area (Å²) in [6.45, 7) is 15.7. The second-order valence-corrected chi connectivity index (χ2v) is 12.9. The molecule has 3 rings (SSSR count). The van der Waals surface area contributed by atoms with Crippen molar-refractivity contribution in [2.45, 2.75) is 78.2 Å². The first-order valence-corrected chi connectivity index (χ1v) is 14.5. The van der Waals surface area contributed by atoms with Crippen molar-refractivity contribution in [2.75, 3.05) is 52.4 Å². The van der Waals surface area contributed by atoms with Crippen molar-refractivity contribution in [3.8, 4) is 0 Å². The molecular weight excluding hydrogens is 542 g/mol. The van der Waals surface area contributed by atoms with E-state index in [2.05, 4.69) is 4.90 Å². The van der Waals surface area contributed by atoms with Crippen LogP contribution in [0.2, 0.25) is 0 Å². The molecule has 1 aliphatic carbocycles. The molecule has 1 heterocycles. The maximum absolute atomic E-state index is 12.6. The van der Waals surface area contributed by atoms with Gasteiger partial charge in [0.15, 0.2) is 11.6 Å². The lowest BCUT2D eigenvalue weighted by molar-refractivity contribution is -0.158. The predicted octanol–water partition coefficient (Wildman–Crippen LogP) is 2.25. The number of carbonyl (C=O) groups is 5. The molecule has 0 atom stereocenters. The molecule has 1 aromatic rings. The van der Waals surface area contributed by atoms with Crippen LogP contribution in [0.5, 0.6) is 0 Å². The average Bonchev–Trinajstić information content (AvgIpc) is 3.21. The number of nitrogens with zero attached hydrogens (tertiary/aromatic N) is 3. The van der Waals surface area contributed by atoms with E-state index in [1.54, 1.807) is 12.1 Å². The highest BCUT2D eigenvalue weighted by atomic mass is 16.6. The third kappa shape index (κ3) is 11.3. The van der Waals surface area contributed by atoms with Crippen molar-refractivity contribution < 1.29 is 38.2 Å². The number of ketones is 2. The van der Waals surface area contributed by atoms with Crippen molar-refractivity contribution >= 4 is 29.5 Å². The Hall–Kier alpha value is -3.15. The van der Waals surface area contributed by atoms with E-state index in [1.165, 1.54) is 0 Å². The summed E-state index contributed by atoms with van der Waals surface area (Å²) < 4.78 is 16.2. The minimum Gasteiger partial charge on any atom is -0.459 e. The minimum absolute atomic E-state index is 0.107. The van der Waals surface area contributed by atoms with Crippen LogP contribution in [0.3, 0.4) is 0 Å². The van der Waals surface area contributed by atoms with Gasteiger partial charge < -0.3 is 14.2 Å². The Labute approximate surface area is 248 Å². The average molecular weight is 588 g/mol. The third-order valence-corrected chi connectivity index (χ3v) is 6.77. The molecule has 11 nitrogen and oxygen atoms in total. The summed E-state index contributed by atoms with van der Waals surface area (Å²) in [4.78, 5) is 67.7. The fourth-order valence-corrected chi connectivity index (χ4v) is 4.77. The largest absolute Gasteiger partial charge is 0.459 e. The zero-order valence-corrected chi connectivity index (χ0v) is 25.8. The Bertz CT molecular complexity index is 1080. The Morgan fingerprint density at radius 2 is 1.10 bits per heavy atom. The van der Waals surface area contributed by atoms with Crippen LogP contribution >= 0.6 is 0 Å². The summed E-state index contributed by atoms with van der Waals surface area (Å²) in [6, 6.07) is 6.89. The number of hydrogen-bond acceptors (Lipinski definition) is 11. The SMILES string of the molecule is CC(C)(C)OC(=O)CN1CCN(CC(=O)OC(C)(C)C)CCN(Cc2ccc(C(=O)OC3C(=O)CCC3=O)cc2)CC1. The molecule has 42 heavy (non-hydrogen) atoms. The number of hydrogen-bond donors (Lipinski definition) is 0. The molecule has 0 bridgehead atoms. The number of benzene rings is 1. The topological polar surface area (TPSA) is 123 Å². The number of Topliss-reactive ketones (excluding diaryl/α,β-unsaturated/α-hetero) is 2. The van der Waals surface area contributed by atoms with E-state index in [0.717, 1.165) is 5.56 Å². The van der Waals surface area contributed by atoms with Crippen LogP contribution in [0.4, 0.5) is 0 Å². The lowest BCUT2D eigenvalue weighted by Crippen LogP contribution is -2.42. The number of esters is 3. The van der Waals surface area contributed by atoms with Gasteiger partial charge in [-0.25, -0.2) is 4.79 Å². The molecule has 0 unspecified atom stereocenters. The lowest BCUT2D eigenvalue weighted by Gasteiger charge is -2.27. The normalized spacial score (nSPS) is 18.7. The zero-order valence-electron chi connectivity index (χ0n) is 25.8. The quantitative estimate of drug-likeness (QED) is 0.253. The van der Waals surface area contributed by atoms with Gasteiger partial charge in [-0.1, -0.05) is 12.1 Å². The van der Waals surface area contributed by atoms with Gasteiger partial charge in [0.05, 0.1) is 18.7 Å². The van der Waals surface area contributed by atoms with Crippen LogP contribution in [-0.4, -0.2) is 114 Å². The van der Waals surface area contributed by atoms with E-state index in [4.69, 9.17) is 14.2 Å². The van der Waals surface area contributed by atoms with Crippen LogP contribution < -0.4 is 0 Å². The molecule has 1 aromatic carbocycles.